The largest absolute Gasteiger partial charge is 0.544 e. The summed E-state index contributed by atoms with van der Waals surface area (Å²) in [4.78, 5) is 37.1. The maximum Gasteiger partial charge on any atom is 0.306 e. The van der Waals surface area contributed by atoms with Gasteiger partial charge in [-0.1, -0.05) is 180 Å². The highest BCUT2D eigenvalue weighted by Gasteiger charge is 2.25. The second kappa shape index (κ2) is 48.2. The number of carboxylic acid groups (broad SMARTS) is 1. The van der Waals surface area contributed by atoms with E-state index < -0.39 is 18.1 Å². The van der Waals surface area contributed by atoms with Gasteiger partial charge < -0.3 is 28.6 Å². The van der Waals surface area contributed by atoms with Crippen LogP contribution in [0, 0.1) is 0 Å². The van der Waals surface area contributed by atoms with E-state index in [9.17, 15) is 19.5 Å². The molecule has 67 heavy (non-hydrogen) atoms. The lowest BCUT2D eigenvalue weighted by Gasteiger charge is -2.34. The van der Waals surface area contributed by atoms with Crippen molar-refractivity contribution >= 4 is 17.9 Å². The predicted molar refractivity (Wildman–Crippen MR) is 281 cm³/mol. The maximum atomic E-state index is 12.8. The molecule has 8 heteroatoms. The molecular formula is C59H95NO7. The van der Waals surface area contributed by atoms with Gasteiger partial charge in [-0.3, -0.25) is 9.59 Å². The number of allylic oxidation sites excluding steroid dienone is 20. The van der Waals surface area contributed by atoms with Crippen molar-refractivity contribution in [3.63, 3.8) is 0 Å². The van der Waals surface area contributed by atoms with Crippen molar-refractivity contribution < 1.29 is 38.2 Å². The molecule has 0 aromatic carbocycles. The Morgan fingerprint density at radius 3 is 1.16 bits per heavy atom. The van der Waals surface area contributed by atoms with Crippen LogP contribution in [0.5, 0.6) is 0 Å². The second-order valence-corrected chi connectivity index (χ2v) is 18.0. The van der Waals surface area contributed by atoms with Crippen LogP contribution in [0.1, 0.15) is 181 Å². The van der Waals surface area contributed by atoms with Crippen molar-refractivity contribution in [3.8, 4) is 0 Å². The van der Waals surface area contributed by atoms with Gasteiger partial charge in [0.2, 0.25) is 0 Å². The Morgan fingerprint density at radius 2 is 0.791 bits per heavy atom. The van der Waals surface area contributed by atoms with Gasteiger partial charge in [-0.15, -0.1) is 0 Å². The van der Waals surface area contributed by atoms with E-state index in [2.05, 4.69) is 135 Å². The highest BCUT2D eigenvalue weighted by atomic mass is 16.6. The molecule has 0 radical (unpaired) electrons. The standard InChI is InChI=1S/C59H95NO7/c1-6-8-10-12-14-16-18-20-22-24-26-28-29-30-32-34-36-38-40-42-44-46-48-50-58(62)67-55(53-65-52-51-56(59(63)64)60(3,4)5)54-66-57(61)49-47-45-43-41-39-37-35-33-31-27-25-23-21-19-17-15-13-11-9-7-2/h8-11,14-17,20-23,26-28,30-32,35,37,55-56H,6-7,12-13,18-19,24-25,29,33-34,36,38-54H2,1-5H3/b10-8+,11-9+,16-14+,17-15+,22-20+,23-21+,28-26+,31-27+,32-30+,37-35+. The molecule has 0 aliphatic heterocycles. The SMILES string of the molecule is CC/C=C/C/C=C/C/C=C/C/C=C/C/C=C/CCCCCCCCCC(=O)OC(COCCC(C(=O)[O-])[N+](C)(C)C)COC(=O)CCCCCC/C=C/C/C=C/C/C=C/C/C=C/C/C=C/CC. The van der Waals surface area contributed by atoms with E-state index in [1.54, 1.807) is 21.1 Å². The topological polar surface area (TPSA) is 102 Å². The number of unbranched alkanes of at least 4 members (excludes halogenated alkanes) is 11. The third kappa shape index (κ3) is 46.6. The van der Waals surface area contributed by atoms with Crippen molar-refractivity contribution in [2.24, 2.45) is 0 Å². The zero-order chi connectivity index (χ0) is 49.2. The summed E-state index contributed by atoms with van der Waals surface area (Å²) in [6, 6.07) is -0.741. The average molecular weight is 930 g/mol. The molecule has 0 aromatic rings. The van der Waals surface area contributed by atoms with Crippen LogP contribution < -0.4 is 5.11 Å². The molecule has 0 aliphatic carbocycles. The average Bonchev–Trinajstić information content (AvgIpc) is 3.29. The first-order valence-corrected chi connectivity index (χ1v) is 26.1. The summed E-state index contributed by atoms with van der Waals surface area (Å²) >= 11 is 0. The van der Waals surface area contributed by atoms with Crippen LogP contribution in [0.15, 0.2) is 122 Å². The number of esters is 2. The minimum Gasteiger partial charge on any atom is -0.544 e. The monoisotopic (exact) mass is 930 g/mol. The molecule has 0 spiro atoms. The molecule has 8 nitrogen and oxygen atoms in total. The number of carbonyl (C=O) groups excluding carboxylic acids is 3. The van der Waals surface area contributed by atoms with Crippen LogP contribution >= 0.6 is 0 Å². The van der Waals surface area contributed by atoms with Crippen molar-refractivity contribution in [1.82, 2.24) is 0 Å². The summed E-state index contributed by atoms with van der Waals surface area (Å²) in [6.45, 7) is 4.38. The Labute approximate surface area is 410 Å². The normalized spacial score (nSPS) is 13.9. The van der Waals surface area contributed by atoms with Gasteiger partial charge in [0.05, 0.1) is 40.3 Å². The van der Waals surface area contributed by atoms with Crippen LogP contribution in [0.2, 0.25) is 0 Å². The molecule has 0 N–H and O–H groups in total. The Bertz CT molecular complexity index is 1500. The van der Waals surface area contributed by atoms with Crippen molar-refractivity contribution in [2.75, 3.05) is 41.0 Å². The quantitative estimate of drug-likeness (QED) is 0.0259. The first-order chi connectivity index (χ1) is 32.6. The molecule has 0 aromatic heterocycles. The molecule has 0 bridgehead atoms. The Morgan fingerprint density at radius 1 is 0.448 bits per heavy atom. The summed E-state index contributed by atoms with van der Waals surface area (Å²) in [5, 5.41) is 11.7. The molecule has 0 saturated carbocycles. The fourth-order valence-electron chi connectivity index (χ4n) is 6.89. The van der Waals surface area contributed by atoms with Gasteiger partial charge in [0, 0.05) is 19.3 Å². The smallest absolute Gasteiger partial charge is 0.306 e. The lowest BCUT2D eigenvalue weighted by atomic mass is 10.1. The maximum absolute atomic E-state index is 12.8. The number of hydrogen-bond acceptors (Lipinski definition) is 7. The van der Waals surface area contributed by atoms with Crippen molar-refractivity contribution in [3.05, 3.63) is 122 Å². The predicted octanol–water partition coefficient (Wildman–Crippen LogP) is 14.0. The van der Waals surface area contributed by atoms with E-state index >= 15 is 0 Å². The van der Waals surface area contributed by atoms with Gasteiger partial charge in [0.15, 0.2) is 6.10 Å². The van der Waals surface area contributed by atoms with Crippen LogP contribution in [0.4, 0.5) is 0 Å². The highest BCUT2D eigenvalue weighted by molar-refractivity contribution is 5.70. The number of likely N-dealkylation sites (N-methyl/N-ethyl adjacent to an activating group) is 1. The summed E-state index contributed by atoms with van der Waals surface area (Å²) in [6.07, 6.45) is 68.0. The van der Waals surface area contributed by atoms with Crippen LogP contribution in [-0.2, 0) is 28.6 Å². The number of aliphatic carboxylic acids is 1. The van der Waals surface area contributed by atoms with Gasteiger partial charge in [0.1, 0.15) is 12.6 Å². The number of quaternary nitrogens is 1. The number of ether oxygens (including phenoxy) is 3. The van der Waals surface area contributed by atoms with Crippen LogP contribution in [0.3, 0.4) is 0 Å². The fourth-order valence-corrected chi connectivity index (χ4v) is 6.89. The molecule has 0 heterocycles. The molecular weight excluding hydrogens is 835 g/mol. The lowest BCUT2D eigenvalue weighted by molar-refractivity contribution is -0.889. The molecule has 0 amide bonds. The highest BCUT2D eigenvalue weighted by Crippen LogP contribution is 2.13. The van der Waals surface area contributed by atoms with E-state index in [-0.39, 0.29) is 42.7 Å². The summed E-state index contributed by atoms with van der Waals surface area (Å²) < 4.78 is 17.2. The molecule has 0 fully saturated rings. The lowest BCUT2D eigenvalue weighted by Crippen LogP contribution is -2.55. The van der Waals surface area contributed by atoms with Crippen LogP contribution in [0.25, 0.3) is 0 Å². The van der Waals surface area contributed by atoms with E-state index in [0.29, 0.717) is 12.8 Å². The zero-order valence-corrected chi connectivity index (χ0v) is 43.0. The van der Waals surface area contributed by atoms with E-state index in [1.807, 2.05) is 0 Å². The fraction of sp³-hybridized carbons (Fsp3) is 0.610. The van der Waals surface area contributed by atoms with Crippen molar-refractivity contribution in [1.29, 1.82) is 0 Å². The number of carboxylic acids is 1. The molecule has 2 atom stereocenters. The zero-order valence-electron chi connectivity index (χ0n) is 43.0. The summed E-state index contributed by atoms with van der Waals surface area (Å²) in [7, 11) is 5.39. The van der Waals surface area contributed by atoms with Gasteiger partial charge in [-0.05, 0) is 103 Å². The van der Waals surface area contributed by atoms with Crippen LogP contribution in [-0.4, -0.2) is 75.5 Å². The minimum atomic E-state index is -1.14. The van der Waals surface area contributed by atoms with Gasteiger partial charge in [-0.2, -0.15) is 0 Å². The number of hydrogen-bond donors (Lipinski definition) is 0. The molecule has 378 valence electrons. The Balaban J connectivity index is 4.35. The summed E-state index contributed by atoms with van der Waals surface area (Å²) in [5.41, 5.74) is 0. The number of nitrogens with zero attached hydrogens (tertiary/aromatic N) is 1. The first-order valence-electron chi connectivity index (χ1n) is 26.1. The number of carbonyl (C=O) groups is 3. The molecule has 0 rings (SSSR count). The van der Waals surface area contributed by atoms with Gasteiger partial charge in [0.25, 0.3) is 0 Å². The first kappa shape index (κ1) is 62.7. The minimum absolute atomic E-state index is 0.0192. The van der Waals surface area contributed by atoms with Gasteiger partial charge >= 0.3 is 11.9 Å². The second-order valence-electron chi connectivity index (χ2n) is 18.0. The summed E-state index contributed by atoms with van der Waals surface area (Å²) in [5.74, 6) is -1.80. The molecule has 0 aliphatic rings. The van der Waals surface area contributed by atoms with E-state index in [0.717, 1.165) is 128 Å². The van der Waals surface area contributed by atoms with Gasteiger partial charge in [-0.25, -0.2) is 0 Å². The Hall–Kier alpha value is -4.27. The Kier molecular flexibility index (Phi) is 45.1. The molecule has 2 unspecified atom stereocenters. The van der Waals surface area contributed by atoms with E-state index in [1.165, 1.54) is 19.3 Å². The van der Waals surface area contributed by atoms with E-state index in [4.69, 9.17) is 14.2 Å². The third-order valence-electron chi connectivity index (χ3n) is 10.8. The third-order valence-corrected chi connectivity index (χ3v) is 10.8. The van der Waals surface area contributed by atoms with Crippen molar-refractivity contribution in [2.45, 2.75) is 193 Å². The number of rotatable bonds is 45. The molecule has 0 saturated heterocycles.